The molecule has 1 fully saturated rings. The molecule has 8 heteroatoms. The van der Waals surface area contributed by atoms with Gasteiger partial charge in [0.05, 0.1) is 25.5 Å². The summed E-state index contributed by atoms with van der Waals surface area (Å²) in [6.07, 6.45) is 2.34. The first-order valence-corrected chi connectivity index (χ1v) is 7.01. The van der Waals surface area contributed by atoms with Gasteiger partial charge in [-0.15, -0.1) is 0 Å². The summed E-state index contributed by atoms with van der Waals surface area (Å²) in [5, 5.41) is 3.19. The highest BCUT2D eigenvalue weighted by Crippen LogP contribution is 2.12. The summed E-state index contributed by atoms with van der Waals surface area (Å²) >= 11 is 0. The van der Waals surface area contributed by atoms with Crippen LogP contribution >= 0.6 is 0 Å². The lowest BCUT2D eigenvalue weighted by molar-refractivity contribution is 0.186. The summed E-state index contributed by atoms with van der Waals surface area (Å²) in [7, 11) is 3.34. The first-order chi connectivity index (χ1) is 10.1. The van der Waals surface area contributed by atoms with Crippen LogP contribution in [0, 0.1) is 0 Å². The van der Waals surface area contributed by atoms with E-state index in [1.165, 1.54) is 9.13 Å². The second-order valence-electron chi connectivity index (χ2n) is 5.28. The molecule has 21 heavy (non-hydrogen) atoms. The number of rotatable bonds is 4. The van der Waals surface area contributed by atoms with Crippen LogP contribution in [-0.4, -0.2) is 45.5 Å². The maximum absolute atomic E-state index is 12.7. The van der Waals surface area contributed by atoms with Crippen LogP contribution in [0.5, 0.6) is 0 Å². The third kappa shape index (κ3) is 2.20. The maximum atomic E-state index is 12.7. The number of nitrogens with zero attached hydrogens (tertiary/aromatic N) is 4. The van der Waals surface area contributed by atoms with E-state index in [1.54, 1.807) is 25.1 Å². The number of fused-ring (bicyclic) bond motifs is 1. The van der Waals surface area contributed by atoms with Gasteiger partial charge in [0.2, 0.25) is 0 Å². The molecule has 2 aromatic rings. The highest BCUT2D eigenvalue weighted by molar-refractivity contribution is 5.69. The lowest BCUT2D eigenvalue weighted by Crippen LogP contribution is -2.43. The van der Waals surface area contributed by atoms with Gasteiger partial charge in [0, 0.05) is 20.7 Å². The standard InChI is InChI=1S/C13H19N5O3/c1-16-8-15-11-10(16)12(19)18(9-3-4-14-7-9)13(20)17(11)5-6-21-2/h8-9,14H,3-7H2,1-2H3. The van der Waals surface area contributed by atoms with Crippen molar-refractivity contribution in [3.8, 4) is 0 Å². The first-order valence-electron chi connectivity index (χ1n) is 7.01. The quantitative estimate of drug-likeness (QED) is 0.788. The zero-order chi connectivity index (χ0) is 15.0. The van der Waals surface area contributed by atoms with Crippen LogP contribution in [0.2, 0.25) is 0 Å². The summed E-state index contributed by atoms with van der Waals surface area (Å²) in [5.41, 5.74) is 0.304. The van der Waals surface area contributed by atoms with Gasteiger partial charge in [-0.2, -0.15) is 0 Å². The van der Waals surface area contributed by atoms with Crippen LogP contribution in [0.25, 0.3) is 11.2 Å². The van der Waals surface area contributed by atoms with Crippen molar-refractivity contribution in [2.75, 3.05) is 26.8 Å². The Bertz CT molecular complexity index is 766. The van der Waals surface area contributed by atoms with Crippen LogP contribution in [0.1, 0.15) is 12.5 Å². The number of aromatic nitrogens is 4. The minimum absolute atomic E-state index is 0.0990. The summed E-state index contributed by atoms with van der Waals surface area (Å²) < 4.78 is 9.61. The molecule has 1 N–H and O–H groups in total. The van der Waals surface area contributed by atoms with E-state index in [-0.39, 0.29) is 17.3 Å². The molecule has 0 saturated carbocycles. The molecule has 1 saturated heterocycles. The van der Waals surface area contributed by atoms with Gasteiger partial charge in [0.1, 0.15) is 0 Å². The molecule has 0 aliphatic carbocycles. The van der Waals surface area contributed by atoms with Crippen LogP contribution in [-0.2, 0) is 18.3 Å². The minimum Gasteiger partial charge on any atom is -0.383 e. The smallest absolute Gasteiger partial charge is 0.333 e. The third-order valence-electron chi connectivity index (χ3n) is 3.95. The Hall–Kier alpha value is -1.93. The largest absolute Gasteiger partial charge is 0.383 e. The molecular formula is C13H19N5O3. The second kappa shape index (κ2) is 5.45. The van der Waals surface area contributed by atoms with Gasteiger partial charge in [-0.3, -0.25) is 13.9 Å². The summed E-state index contributed by atoms with van der Waals surface area (Å²) in [5.74, 6) is 0. The number of imidazole rings is 1. The molecule has 1 aliphatic rings. The Morgan fingerprint density at radius 2 is 2.29 bits per heavy atom. The Morgan fingerprint density at radius 1 is 1.48 bits per heavy atom. The van der Waals surface area contributed by atoms with Gasteiger partial charge in [-0.25, -0.2) is 9.78 Å². The van der Waals surface area contributed by atoms with Gasteiger partial charge in [0.15, 0.2) is 11.2 Å². The number of ether oxygens (including phenoxy) is 1. The molecule has 1 unspecified atom stereocenters. The Morgan fingerprint density at radius 3 is 2.95 bits per heavy atom. The van der Waals surface area contributed by atoms with Crippen LogP contribution in [0.4, 0.5) is 0 Å². The SMILES string of the molecule is COCCn1c(=O)n(C2CCNC2)c(=O)c2c1ncn2C. The average molecular weight is 293 g/mol. The van der Waals surface area contributed by atoms with E-state index in [2.05, 4.69) is 10.3 Å². The van der Waals surface area contributed by atoms with Crippen LogP contribution in [0.15, 0.2) is 15.9 Å². The number of hydrogen-bond donors (Lipinski definition) is 1. The number of nitrogens with one attached hydrogen (secondary N) is 1. The first kappa shape index (κ1) is 14.0. The highest BCUT2D eigenvalue weighted by Gasteiger charge is 2.24. The molecule has 114 valence electrons. The van der Waals surface area contributed by atoms with Crippen LogP contribution < -0.4 is 16.6 Å². The topological polar surface area (TPSA) is 83.1 Å². The van der Waals surface area contributed by atoms with Crippen molar-refractivity contribution in [2.45, 2.75) is 19.0 Å². The number of hydrogen-bond acceptors (Lipinski definition) is 5. The normalized spacial score (nSPS) is 18.7. The van der Waals surface area contributed by atoms with E-state index < -0.39 is 0 Å². The van der Waals surface area contributed by atoms with E-state index in [4.69, 9.17) is 4.74 Å². The highest BCUT2D eigenvalue weighted by atomic mass is 16.5. The van der Waals surface area contributed by atoms with E-state index in [0.717, 1.165) is 13.0 Å². The lowest BCUT2D eigenvalue weighted by atomic mass is 10.2. The molecule has 0 amide bonds. The van der Waals surface area contributed by atoms with E-state index in [1.807, 2.05) is 0 Å². The molecule has 1 atom stereocenters. The van der Waals surface area contributed by atoms with Gasteiger partial charge in [0.25, 0.3) is 5.56 Å². The fourth-order valence-electron chi connectivity index (χ4n) is 2.85. The van der Waals surface area contributed by atoms with Crippen LogP contribution in [0.3, 0.4) is 0 Å². The van der Waals surface area contributed by atoms with Gasteiger partial charge < -0.3 is 14.6 Å². The average Bonchev–Trinajstić information content (AvgIpc) is 3.09. The summed E-state index contributed by atoms with van der Waals surface area (Å²) in [4.78, 5) is 29.6. The molecule has 3 rings (SSSR count). The molecule has 0 bridgehead atoms. The molecule has 3 heterocycles. The monoisotopic (exact) mass is 293 g/mol. The predicted molar refractivity (Wildman–Crippen MR) is 77.6 cm³/mol. The van der Waals surface area contributed by atoms with Crippen molar-refractivity contribution in [3.05, 3.63) is 27.2 Å². The molecule has 8 nitrogen and oxygen atoms in total. The third-order valence-corrected chi connectivity index (χ3v) is 3.95. The lowest BCUT2D eigenvalue weighted by Gasteiger charge is -2.15. The molecule has 1 aliphatic heterocycles. The Balaban J connectivity index is 2.28. The van der Waals surface area contributed by atoms with Crippen molar-refractivity contribution in [1.82, 2.24) is 24.0 Å². The van der Waals surface area contributed by atoms with Gasteiger partial charge >= 0.3 is 5.69 Å². The maximum Gasteiger partial charge on any atom is 0.333 e. The zero-order valence-electron chi connectivity index (χ0n) is 12.2. The Kier molecular flexibility index (Phi) is 3.64. The molecule has 2 aromatic heterocycles. The van der Waals surface area contributed by atoms with E-state index in [0.29, 0.717) is 30.9 Å². The van der Waals surface area contributed by atoms with Crippen molar-refractivity contribution in [2.24, 2.45) is 7.05 Å². The number of methoxy groups -OCH3 is 1. The van der Waals surface area contributed by atoms with Crippen molar-refractivity contribution in [1.29, 1.82) is 0 Å². The predicted octanol–water partition coefficient (Wildman–Crippen LogP) is -0.922. The molecular weight excluding hydrogens is 274 g/mol. The van der Waals surface area contributed by atoms with E-state index >= 15 is 0 Å². The summed E-state index contributed by atoms with van der Waals surface area (Å²) in [6, 6.07) is -0.0990. The fourth-order valence-corrected chi connectivity index (χ4v) is 2.85. The molecule has 0 spiro atoms. The minimum atomic E-state index is -0.308. The molecule has 0 aromatic carbocycles. The van der Waals surface area contributed by atoms with Crippen molar-refractivity contribution in [3.63, 3.8) is 0 Å². The zero-order valence-corrected chi connectivity index (χ0v) is 12.2. The van der Waals surface area contributed by atoms with Gasteiger partial charge in [-0.05, 0) is 13.0 Å². The Labute approximate surface area is 121 Å². The van der Waals surface area contributed by atoms with Crippen molar-refractivity contribution < 1.29 is 4.74 Å². The fraction of sp³-hybridized carbons (Fsp3) is 0.615. The van der Waals surface area contributed by atoms with E-state index in [9.17, 15) is 9.59 Å². The number of aryl methyl sites for hydroxylation is 1. The van der Waals surface area contributed by atoms with Crippen molar-refractivity contribution >= 4 is 11.2 Å². The second-order valence-corrected chi connectivity index (χ2v) is 5.28. The molecule has 0 radical (unpaired) electrons. The summed E-state index contributed by atoms with van der Waals surface area (Å²) in [6.45, 7) is 2.23. The van der Waals surface area contributed by atoms with Gasteiger partial charge in [-0.1, -0.05) is 0 Å².